The van der Waals surface area contributed by atoms with Crippen LogP contribution in [0.3, 0.4) is 0 Å². The van der Waals surface area contributed by atoms with Crippen LogP contribution in [0.2, 0.25) is 0 Å². The molecule has 3 aromatic rings. The third-order valence-corrected chi connectivity index (χ3v) is 4.91. The van der Waals surface area contributed by atoms with E-state index in [1.165, 1.54) is 0 Å². The van der Waals surface area contributed by atoms with Crippen LogP contribution < -0.4 is 10.2 Å². The average Bonchev–Trinajstić information content (AvgIpc) is 3.22. The molecule has 3 aromatic heterocycles. The molecule has 4 heterocycles. The van der Waals surface area contributed by atoms with Gasteiger partial charge in [0.1, 0.15) is 11.6 Å². The average molecular weight is 360 g/mol. The first kappa shape index (κ1) is 17.4. The molecule has 1 unspecified atom stereocenters. The fourth-order valence-electron chi connectivity index (χ4n) is 3.38. The summed E-state index contributed by atoms with van der Waals surface area (Å²) in [6.07, 6.45) is 7.43. The minimum Gasteiger partial charge on any atom is -0.370 e. The van der Waals surface area contributed by atoms with Crippen molar-refractivity contribution in [1.82, 2.24) is 19.9 Å². The molecular formula is C21H24N6. The normalized spacial score (nSPS) is 16.5. The number of hydrogen-bond acceptors (Lipinski definition) is 6. The molecule has 0 spiro atoms. The Labute approximate surface area is 159 Å². The highest BCUT2D eigenvalue weighted by Crippen LogP contribution is 2.25. The van der Waals surface area contributed by atoms with Crippen molar-refractivity contribution >= 4 is 11.6 Å². The Morgan fingerprint density at radius 3 is 2.78 bits per heavy atom. The number of hydrogen-bond donors (Lipinski definition) is 1. The van der Waals surface area contributed by atoms with Crippen LogP contribution in [0.4, 0.5) is 11.6 Å². The molecule has 0 bridgehead atoms. The van der Waals surface area contributed by atoms with Crippen molar-refractivity contribution in [2.24, 2.45) is 5.92 Å². The summed E-state index contributed by atoms with van der Waals surface area (Å²) in [6.45, 7) is 5.07. The maximum Gasteiger partial charge on any atom is 0.161 e. The predicted molar refractivity (Wildman–Crippen MR) is 108 cm³/mol. The van der Waals surface area contributed by atoms with E-state index in [0.717, 1.165) is 61.2 Å². The van der Waals surface area contributed by atoms with Crippen molar-refractivity contribution in [1.29, 1.82) is 0 Å². The lowest BCUT2D eigenvalue weighted by Gasteiger charge is -2.19. The molecule has 0 radical (unpaired) electrons. The van der Waals surface area contributed by atoms with Crippen molar-refractivity contribution in [3.05, 3.63) is 60.7 Å². The van der Waals surface area contributed by atoms with E-state index in [-0.39, 0.29) is 0 Å². The molecule has 6 heteroatoms. The highest BCUT2D eigenvalue weighted by Gasteiger charge is 2.24. The number of aryl methyl sites for hydroxylation is 1. The first-order chi connectivity index (χ1) is 13.3. The number of pyridine rings is 2. The summed E-state index contributed by atoms with van der Waals surface area (Å²) in [5, 5.41) is 3.44. The second-order valence-corrected chi connectivity index (χ2v) is 6.83. The Kier molecular flexibility index (Phi) is 5.23. The largest absolute Gasteiger partial charge is 0.370 e. The van der Waals surface area contributed by atoms with Gasteiger partial charge in [0.05, 0.1) is 0 Å². The molecule has 0 aliphatic carbocycles. The second kappa shape index (κ2) is 8.12. The third kappa shape index (κ3) is 4.22. The Morgan fingerprint density at radius 1 is 1.11 bits per heavy atom. The maximum absolute atomic E-state index is 4.84. The van der Waals surface area contributed by atoms with Crippen LogP contribution in [-0.4, -0.2) is 39.6 Å². The molecule has 1 aliphatic rings. The van der Waals surface area contributed by atoms with E-state index in [4.69, 9.17) is 9.97 Å². The lowest BCUT2D eigenvalue weighted by atomic mass is 10.1. The quantitative estimate of drug-likeness (QED) is 0.726. The topological polar surface area (TPSA) is 66.8 Å². The molecular weight excluding hydrogens is 336 g/mol. The molecule has 0 amide bonds. The summed E-state index contributed by atoms with van der Waals surface area (Å²) in [6, 6.07) is 12.0. The number of rotatable bonds is 6. The fraction of sp³-hybridized carbons (Fsp3) is 0.333. The summed E-state index contributed by atoms with van der Waals surface area (Å²) < 4.78 is 0. The second-order valence-electron chi connectivity index (χ2n) is 6.83. The van der Waals surface area contributed by atoms with Gasteiger partial charge in [0.25, 0.3) is 0 Å². The molecule has 1 fully saturated rings. The molecule has 4 rings (SSSR count). The zero-order chi connectivity index (χ0) is 18.5. The molecule has 138 valence electrons. The van der Waals surface area contributed by atoms with E-state index in [0.29, 0.717) is 5.92 Å². The van der Waals surface area contributed by atoms with Crippen LogP contribution >= 0.6 is 0 Å². The van der Waals surface area contributed by atoms with Crippen LogP contribution in [-0.2, 0) is 6.42 Å². The molecule has 0 aromatic carbocycles. The Balaban J connectivity index is 1.47. The smallest absolute Gasteiger partial charge is 0.161 e. The summed E-state index contributed by atoms with van der Waals surface area (Å²) >= 11 is 0. The van der Waals surface area contributed by atoms with Crippen LogP contribution in [0.15, 0.2) is 55.0 Å². The van der Waals surface area contributed by atoms with Gasteiger partial charge in [-0.2, -0.15) is 0 Å². The number of nitrogens with zero attached hydrogens (tertiary/aromatic N) is 5. The summed E-state index contributed by atoms with van der Waals surface area (Å²) in [7, 11) is 0. The van der Waals surface area contributed by atoms with Gasteiger partial charge < -0.3 is 10.2 Å². The molecule has 6 nitrogen and oxygen atoms in total. The molecule has 27 heavy (non-hydrogen) atoms. The maximum atomic E-state index is 4.84. The third-order valence-electron chi connectivity index (χ3n) is 4.91. The van der Waals surface area contributed by atoms with Crippen molar-refractivity contribution < 1.29 is 0 Å². The molecule has 1 saturated heterocycles. The summed E-state index contributed by atoms with van der Waals surface area (Å²) in [4.78, 5) is 20.3. The monoisotopic (exact) mass is 360 g/mol. The van der Waals surface area contributed by atoms with E-state index in [1.54, 1.807) is 12.4 Å². The van der Waals surface area contributed by atoms with Crippen molar-refractivity contribution in [3.63, 3.8) is 0 Å². The van der Waals surface area contributed by atoms with Crippen LogP contribution in [0.5, 0.6) is 0 Å². The highest BCUT2D eigenvalue weighted by molar-refractivity contribution is 5.57. The lowest BCUT2D eigenvalue weighted by molar-refractivity contribution is 0.621. The van der Waals surface area contributed by atoms with Gasteiger partial charge in [0, 0.05) is 55.5 Å². The minimum absolute atomic E-state index is 0.580. The van der Waals surface area contributed by atoms with Crippen molar-refractivity contribution in [3.8, 4) is 11.4 Å². The van der Waals surface area contributed by atoms with E-state index < -0.39 is 0 Å². The van der Waals surface area contributed by atoms with Gasteiger partial charge in [-0.15, -0.1) is 0 Å². The first-order valence-electron chi connectivity index (χ1n) is 9.50. The minimum atomic E-state index is 0.580. The number of nitrogens with one attached hydrogen (secondary N) is 1. The molecule has 1 atom stereocenters. The van der Waals surface area contributed by atoms with Crippen molar-refractivity contribution in [2.45, 2.75) is 19.8 Å². The van der Waals surface area contributed by atoms with Crippen LogP contribution in [0, 0.1) is 5.92 Å². The zero-order valence-electron chi connectivity index (χ0n) is 15.5. The van der Waals surface area contributed by atoms with E-state index in [2.05, 4.69) is 33.2 Å². The number of anilines is 2. The summed E-state index contributed by atoms with van der Waals surface area (Å²) in [5.41, 5.74) is 2.08. The molecule has 1 aliphatic heterocycles. The summed E-state index contributed by atoms with van der Waals surface area (Å²) in [5.74, 6) is 3.32. The van der Waals surface area contributed by atoms with Crippen LogP contribution in [0.25, 0.3) is 11.4 Å². The standard InChI is InChI=1S/C21H24N6/c1-2-18-13-20(26-21(25-18)17-6-10-22-11-7-17)27-12-8-16(15-27)14-24-19-5-3-4-9-23-19/h3-7,9-11,13,16H,2,8,12,14-15H2,1H3,(H,23,24). The van der Waals surface area contributed by atoms with Gasteiger partial charge in [-0.05, 0) is 43.0 Å². The van der Waals surface area contributed by atoms with Gasteiger partial charge in [-0.3, -0.25) is 4.98 Å². The van der Waals surface area contributed by atoms with Gasteiger partial charge in [-0.25, -0.2) is 15.0 Å². The molecule has 1 N–H and O–H groups in total. The lowest BCUT2D eigenvalue weighted by Crippen LogP contribution is -2.24. The highest BCUT2D eigenvalue weighted by atomic mass is 15.2. The zero-order valence-corrected chi connectivity index (χ0v) is 15.5. The number of aromatic nitrogens is 4. The van der Waals surface area contributed by atoms with Crippen molar-refractivity contribution in [2.75, 3.05) is 29.9 Å². The predicted octanol–water partition coefficient (Wildman–Crippen LogP) is 3.43. The Bertz CT molecular complexity index is 868. The van der Waals surface area contributed by atoms with Gasteiger partial charge >= 0.3 is 0 Å². The van der Waals surface area contributed by atoms with E-state index >= 15 is 0 Å². The Hall–Kier alpha value is -3.02. The van der Waals surface area contributed by atoms with E-state index in [9.17, 15) is 0 Å². The first-order valence-corrected chi connectivity index (χ1v) is 9.50. The van der Waals surface area contributed by atoms with Crippen LogP contribution in [0.1, 0.15) is 19.0 Å². The SMILES string of the molecule is CCc1cc(N2CCC(CNc3ccccn3)C2)nc(-c2ccncc2)n1. The van der Waals surface area contributed by atoms with Gasteiger partial charge in [0.2, 0.25) is 0 Å². The Morgan fingerprint density at radius 2 is 2.00 bits per heavy atom. The van der Waals surface area contributed by atoms with E-state index in [1.807, 2.05) is 36.5 Å². The van der Waals surface area contributed by atoms with Gasteiger partial charge in [-0.1, -0.05) is 13.0 Å². The van der Waals surface area contributed by atoms with Gasteiger partial charge in [0.15, 0.2) is 5.82 Å². The fourth-order valence-corrected chi connectivity index (χ4v) is 3.38. The molecule has 0 saturated carbocycles.